The zero-order valence-corrected chi connectivity index (χ0v) is 12.5. The zero-order valence-electron chi connectivity index (χ0n) is 12.5. The molecule has 110 valence electrons. The van der Waals surface area contributed by atoms with Gasteiger partial charge in [0.15, 0.2) is 0 Å². The molecule has 1 aromatic rings. The van der Waals surface area contributed by atoms with Crippen molar-refractivity contribution in [1.29, 1.82) is 0 Å². The molecular formula is C16H25N3O. The zero-order chi connectivity index (χ0) is 14.4. The summed E-state index contributed by atoms with van der Waals surface area (Å²) in [6.45, 7) is 6.12. The number of hydrogen-bond donors (Lipinski definition) is 1. The summed E-state index contributed by atoms with van der Waals surface area (Å²) in [5.74, 6) is 0.332. The Morgan fingerprint density at radius 1 is 1.45 bits per heavy atom. The molecule has 2 rings (SSSR count). The van der Waals surface area contributed by atoms with Crippen LogP contribution in [0.15, 0.2) is 24.5 Å². The summed E-state index contributed by atoms with van der Waals surface area (Å²) in [5, 5.41) is 3.46. The van der Waals surface area contributed by atoms with Crippen molar-refractivity contribution < 1.29 is 4.79 Å². The van der Waals surface area contributed by atoms with Gasteiger partial charge in [-0.2, -0.15) is 0 Å². The Morgan fingerprint density at radius 2 is 2.20 bits per heavy atom. The number of nitrogens with one attached hydrogen (secondary N) is 1. The smallest absolute Gasteiger partial charge is 0.223 e. The van der Waals surface area contributed by atoms with Crippen LogP contribution in [0.2, 0.25) is 0 Å². The summed E-state index contributed by atoms with van der Waals surface area (Å²) >= 11 is 0. The Bertz CT molecular complexity index is 421. The van der Waals surface area contributed by atoms with Gasteiger partial charge < -0.3 is 10.2 Å². The number of rotatable bonds is 7. The van der Waals surface area contributed by atoms with Gasteiger partial charge in [0.05, 0.1) is 0 Å². The summed E-state index contributed by atoms with van der Waals surface area (Å²) in [6.07, 6.45) is 7.45. The molecule has 2 heterocycles. The van der Waals surface area contributed by atoms with E-state index < -0.39 is 0 Å². The van der Waals surface area contributed by atoms with Crippen molar-refractivity contribution in [1.82, 2.24) is 15.2 Å². The molecule has 1 fully saturated rings. The lowest BCUT2D eigenvalue weighted by atomic mass is 10.1. The minimum absolute atomic E-state index is 0.332. The summed E-state index contributed by atoms with van der Waals surface area (Å²) in [7, 11) is 0. The molecule has 1 saturated heterocycles. The van der Waals surface area contributed by atoms with E-state index in [1.165, 1.54) is 5.56 Å². The van der Waals surface area contributed by atoms with Gasteiger partial charge in [-0.05, 0) is 50.4 Å². The molecule has 1 aliphatic heterocycles. The molecule has 0 saturated carbocycles. The second-order valence-electron chi connectivity index (χ2n) is 5.57. The molecular weight excluding hydrogens is 250 g/mol. The maximum absolute atomic E-state index is 11.9. The Morgan fingerprint density at radius 3 is 2.90 bits per heavy atom. The van der Waals surface area contributed by atoms with Gasteiger partial charge in [0.25, 0.3) is 0 Å². The topological polar surface area (TPSA) is 45.2 Å². The molecule has 0 bridgehead atoms. The van der Waals surface area contributed by atoms with Crippen molar-refractivity contribution >= 4 is 5.91 Å². The number of pyridine rings is 1. The lowest BCUT2D eigenvalue weighted by molar-refractivity contribution is -0.131. The van der Waals surface area contributed by atoms with E-state index in [0.29, 0.717) is 18.0 Å². The Labute approximate surface area is 121 Å². The summed E-state index contributed by atoms with van der Waals surface area (Å²) < 4.78 is 0. The van der Waals surface area contributed by atoms with Crippen LogP contribution in [0.5, 0.6) is 0 Å². The maximum Gasteiger partial charge on any atom is 0.223 e. The van der Waals surface area contributed by atoms with Crippen LogP contribution in [0.1, 0.15) is 45.1 Å². The van der Waals surface area contributed by atoms with E-state index in [1.54, 1.807) is 0 Å². The SMILES string of the molecule is CC[C@H](C)N1C(=O)CC[C@@H]1CCNCc1ccncc1. The van der Waals surface area contributed by atoms with Crippen LogP contribution in [0, 0.1) is 0 Å². The van der Waals surface area contributed by atoms with Crippen LogP contribution in [0.25, 0.3) is 0 Å². The van der Waals surface area contributed by atoms with E-state index in [4.69, 9.17) is 0 Å². The second-order valence-corrected chi connectivity index (χ2v) is 5.57. The highest BCUT2D eigenvalue weighted by atomic mass is 16.2. The van der Waals surface area contributed by atoms with Gasteiger partial charge in [0.2, 0.25) is 5.91 Å². The van der Waals surface area contributed by atoms with Crippen LogP contribution < -0.4 is 5.32 Å². The van der Waals surface area contributed by atoms with Crippen LogP contribution >= 0.6 is 0 Å². The van der Waals surface area contributed by atoms with Gasteiger partial charge in [-0.25, -0.2) is 0 Å². The van der Waals surface area contributed by atoms with Crippen molar-refractivity contribution in [3.63, 3.8) is 0 Å². The summed E-state index contributed by atoms with van der Waals surface area (Å²) in [4.78, 5) is 18.1. The van der Waals surface area contributed by atoms with Crippen molar-refractivity contribution in [2.45, 2.75) is 58.2 Å². The van der Waals surface area contributed by atoms with E-state index in [1.807, 2.05) is 24.5 Å². The molecule has 4 heteroatoms. The normalized spacial score (nSPS) is 20.4. The molecule has 0 aromatic carbocycles. The van der Waals surface area contributed by atoms with E-state index in [0.717, 1.165) is 38.8 Å². The number of hydrogen-bond acceptors (Lipinski definition) is 3. The number of carbonyl (C=O) groups is 1. The highest BCUT2D eigenvalue weighted by Gasteiger charge is 2.32. The fourth-order valence-electron chi connectivity index (χ4n) is 2.85. The van der Waals surface area contributed by atoms with Crippen molar-refractivity contribution in [3.05, 3.63) is 30.1 Å². The average molecular weight is 275 g/mol. The molecule has 0 unspecified atom stereocenters. The van der Waals surface area contributed by atoms with Gasteiger partial charge in [0, 0.05) is 37.4 Å². The third kappa shape index (κ3) is 3.79. The molecule has 1 aliphatic rings. The van der Waals surface area contributed by atoms with Crippen LogP contribution in [-0.2, 0) is 11.3 Å². The lowest BCUT2D eigenvalue weighted by Crippen LogP contribution is -2.41. The van der Waals surface area contributed by atoms with Gasteiger partial charge in [-0.3, -0.25) is 9.78 Å². The Hall–Kier alpha value is -1.42. The largest absolute Gasteiger partial charge is 0.337 e. The third-order valence-corrected chi connectivity index (χ3v) is 4.17. The average Bonchev–Trinajstić information content (AvgIpc) is 2.85. The highest BCUT2D eigenvalue weighted by Crippen LogP contribution is 2.24. The monoisotopic (exact) mass is 275 g/mol. The fourth-order valence-corrected chi connectivity index (χ4v) is 2.85. The van der Waals surface area contributed by atoms with Gasteiger partial charge in [-0.1, -0.05) is 6.92 Å². The third-order valence-electron chi connectivity index (χ3n) is 4.17. The van der Waals surface area contributed by atoms with Crippen LogP contribution in [-0.4, -0.2) is 34.4 Å². The van der Waals surface area contributed by atoms with Crippen molar-refractivity contribution in [2.75, 3.05) is 6.54 Å². The minimum atomic E-state index is 0.332. The van der Waals surface area contributed by atoms with Gasteiger partial charge in [-0.15, -0.1) is 0 Å². The predicted molar refractivity (Wildman–Crippen MR) is 80.2 cm³/mol. The van der Waals surface area contributed by atoms with E-state index in [9.17, 15) is 4.79 Å². The van der Waals surface area contributed by atoms with Gasteiger partial charge >= 0.3 is 0 Å². The number of amides is 1. The standard InChI is InChI=1S/C16H25N3O/c1-3-13(2)19-15(4-5-16(19)20)8-11-18-12-14-6-9-17-10-7-14/h6-7,9-10,13,15,18H,3-5,8,11-12H2,1-2H3/t13-,15+/m0/s1. The molecule has 1 N–H and O–H groups in total. The van der Waals surface area contributed by atoms with E-state index in [2.05, 4.69) is 29.0 Å². The fraction of sp³-hybridized carbons (Fsp3) is 0.625. The number of carbonyl (C=O) groups excluding carboxylic acids is 1. The molecule has 0 radical (unpaired) electrons. The predicted octanol–water partition coefficient (Wildman–Crippen LogP) is 2.35. The number of aromatic nitrogens is 1. The quantitative estimate of drug-likeness (QED) is 0.777. The molecule has 1 amide bonds. The first kappa shape index (κ1) is 15.0. The van der Waals surface area contributed by atoms with Crippen molar-refractivity contribution in [3.8, 4) is 0 Å². The molecule has 2 atom stereocenters. The first-order valence-electron chi connectivity index (χ1n) is 7.63. The van der Waals surface area contributed by atoms with E-state index >= 15 is 0 Å². The highest BCUT2D eigenvalue weighted by molar-refractivity contribution is 5.79. The molecule has 20 heavy (non-hydrogen) atoms. The molecule has 1 aromatic heterocycles. The van der Waals surface area contributed by atoms with Crippen molar-refractivity contribution in [2.24, 2.45) is 0 Å². The Kier molecular flexibility index (Phi) is 5.53. The number of nitrogens with zero attached hydrogens (tertiary/aromatic N) is 2. The van der Waals surface area contributed by atoms with E-state index in [-0.39, 0.29) is 0 Å². The van der Waals surface area contributed by atoms with Crippen LogP contribution in [0.3, 0.4) is 0 Å². The maximum atomic E-state index is 11.9. The molecule has 4 nitrogen and oxygen atoms in total. The minimum Gasteiger partial charge on any atom is -0.337 e. The Balaban J connectivity index is 1.74. The molecule has 0 aliphatic carbocycles. The number of likely N-dealkylation sites (tertiary alicyclic amines) is 1. The molecule has 0 spiro atoms. The van der Waals surface area contributed by atoms with Crippen LogP contribution in [0.4, 0.5) is 0 Å². The second kappa shape index (κ2) is 7.39. The first-order chi connectivity index (χ1) is 9.72. The summed E-state index contributed by atoms with van der Waals surface area (Å²) in [6, 6.07) is 4.84. The first-order valence-corrected chi connectivity index (χ1v) is 7.63. The summed E-state index contributed by atoms with van der Waals surface area (Å²) in [5.41, 5.74) is 1.25. The van der Waals surface area contributed by atoms with Gasteiger partial charge in [0.1, 0.15) is 0 Å². The lowest BCUT2D eigenvalue weighted by Gasteiger charge is -2.30.